The zero-order valence-electron chi connectivity index (χ0n) is 9.76. The fraction of sp³-hybridized carbons (Fsp3) is 0.909. The van der Waals surface area contributed by atoms with Crippen LogP contribution in [0.4, 0.5) is 4.39 Å². The molecule has 16 heavy (non-hydrogen) atoms. The number of hydrogen-bond acceptors (Lipinski definition) is 1. The van der Waals surface area contributed by atoms with E-state index in [-0.39, 0.29) is 18.0 Å². The average molecular weight is 294 g/mol. The van der Waals surface area contributed by atoms with Crippen LogP contribution in [0.5, 0.6) is 0 Å². The number of guanidine groups is 1. The van der Waals surface area contributed by atoms with E-state index < -0.39 is 0 Å². The van der Waals surface area contributed by atoms with Crippen LogP contribution in [-0.2, 0) is 0 Å². The van der Waals surface area contributed by atoms with Gasteiger partial charge < -0.3 is 11.5 Å². The summed E-state index contributed by atoms with van der Waals surface area (Å²) < 4.78 is 12.3. The molecule has 0 aromatic heterocycles. The summed E-state index contributed by atoms with van der Waals surface area (Å²) in [6.45, 7) is 2.64. The lowest BCUT2D eigenvalue weighted by atomic mass is 9.71. The number of hydrogen-bond donors (Lipinski definition) is 2. The van der Waals surface area contributed by atoms with Crippen LogP contribution in [0.15, 0.2) is 4.99 Å². The predicted octanol–water partition coefficient (Wildman–Crippen LogP) is 2.19. The van der Waals surface area contributed by atoms with E-state index in [4.69, 9.17) is 11.5 Å². The summed E-state index contributed by atoms with van der Waals surface area (Å²) in [5.74, 6) is 0.607. The normalized spacial score (nSPS) is 34.7. The minimum atomic E-state index is -0.225. The number of nitrogens with zero attached hydrogens (tertiary/aromatic N) is 1. The topological polar surface area (TPSA) is 64.4 Å². The molecular weight excluding hydrogens is 273 g/mol. The molecule has 3 nitrogen and oxygen atoms in total. The first-order valence-electron chi connectivity index (χ1n) is 5.72. The molecule has 3 unspecified atom stereocenters. The summed E-state index contributed by atoms with van der Waals surface area (Å²) >= 11 is 3.66. The molecule has 4 N–H and O–H groups in total. The number of rotatable bonds is 4. The van der Waals surface area contributed by atoms with Crippen LogP contribution in [0.1, 0.15) is 32.6 Å². The average Bonchev–Trinajstić information content (AvgIpc) is 2.20. The number of alkyl halides is 2. The van der Waals surface area contributed by atoms with E-state index in [1.54, 1.807) is 0 Å². The van der Waals surface area contributed by atoms with E-state index >= 15 is 0 Å². The summed E-state index contributed by atoms with van der Waals surface area (Å²) in [6, 6.07) is 0. The number of aliphatic imine (C=N–C) groups is 1. The van der Waals surface area contributed by atoms with Gasteiger partial charge in [-0.15, -0.1) is 0 Å². The highest BCUT2D eigenvalue weighted by molar-refractivity contribution is 9.09. The van der Waals surface area contributed by atoms with E-state index in [0.717, 1.165) is 19.3 Å². The largest absolute Gasteiger partial charge is 0.370 e. The third-order valence-corrected chi connectivity index (χ3v) is 4.51. The molecule has 0 saturated heterocycles. The Labute approximate surface area is 105 Å². The van der Waals surface area contributed by atoms with Crippen molar-refractivity contribution in [2.24, 2.45) is 27.8 Å². The van der Waals surface area contributed by atoms with Crippen LogP contribution < -0.4 is 11.5 Å². The third-order valence-electron chi connectivity index (χ3n) is 3.44. The van der Waals surface area contributed by atoms with E-state index in [0.29, 0.717) is 23.7 Å². The second kappa shape index (κ2) is 5.84. The summed E-state index contributed by atoms with van der Waals surface area (Å²) in [7, 11) is 0. The van der Waals surface area contributed by atoms with Crippen molar-refractivity contribution in [1.29, 1.82) is 0 Å². The Kier molecular flexibility index (Phi) is 5.02. The van der Waals surface area contributed by atoms with Crippen molar-refractivity contribution in [1.82, 2.24) is 0 Å². The lowest BCUT2D eigenvalue weighted by Crippen LogP contribution is -2.35. The highest BCUT2D eigenvalue weighted by Gasteiger charge is 2.36. The van der Waals surface area contributed by atoms with E-state index in [1.807, 2.05) is 0 Å². The zero-order chi connectivity index (χ0) is 12.2. The van der Waals surface area contributed by atoms with Crippen LogP contribution >= 0.6 is 15.9 Å². The van der Waals surface area contributed by atoms with Crippen LogP contribution in [0.25, 0.3) is 0 Å². The van der Waals surface area contributed by atoms with Crippen molar-refractivity contribution >= 4 is 21.9 Å². The molecule has 1 rings (SSSR count). The molecule has 0 heterocycles. The Hall–Kier alpha value is -0.320. The smallest absolute Gasteiger partial charge is 0.185 e. The Morgan fingerprint density at radius 1 is 1.56 bits per heavy atom. The molecule has 3 atom stereocenters. The lowest BCUT2D eigenvalue weighted by Gasteiger charge is -2.39. The van der Waals surface area contributed by atoms with Gasteiger partial charge in [0.25, 0.3) is 0 Å². The van der Waals surface area contributed by atoms with Gasteiger partial charge in [0.15, 0.2) is 5.96 Å². The van der Waals surface area contributed by atoms with Crippen LogP contribution in [0.3, 0.4) is 0 Å². The molecule has 94 valence electrons. The maximum absolute atomic E-state index is 12.3. The fourth-order valence-corrected chi connectivity index (χ4v) is 3.66. The van der Waals surface area contributed by atoms with Crippen molar-refractivity contribution in [3.63, 3.8) is 0 Å². The van der Waals surface area contributed by atoms with Gasteiger partial charge in [-0.1, -0.05) is 22.9 Å². The van der Waals surface area contributed by atoms with E-state index in [9.17, 15) is 4.39 Å². The molecule has 1 saturated carbocycles. The molecule has 5 heteroatoms. The van der Waals surface area contributed by atoms with E-state index in [2.05, 4.69) is 27.8 Å². The van der Waals surface area contributed by atoms with Gasteiger partial charge in [0.1, 0.15) is 0 Å². The molecule has 1 aliphatic carbocycles. The van der Waals surface area contributed by atoms with E-state index in [1.165, 1.54) is 0 Å². The summed E-state index contributed by atoms with van der Waals surface area (Å²) in [4.78, 5) is 4.49. The standard InChI is InChI=1S/C11H21BrFN3/c1-11(7-16-10(14)15)4-2-8(3-5-13)9(12)6-11/h8-9H,2-7H2,1H3,(H4,14,15,16). The van der Waals surface area contributed by atoms with Crippen LogP contribution in [0.2, 0.25) is 0 Å². The quantitative estimate of drug-likeness (QED) is 0.474. The molecule has 0 spiro atoms. The first-order chi connectivity index (χ1) is 7.47. The molecular formula is C11H21BrFN3. The molecule has 1 aliphatic rings. The molecule has 1 fully saturated rings. The molecule has 0 aromatic rings. The minimum Gasteiger partial charge on any atom is -0.370 e. The highest BCUT2D eigenvalue weighted by atomic mass is 79.9. The first-order valence-corrected chi connectivity index (χ1v) is 6.64. The maximum Gasteiger partial charge on any atom is 0.185 e. The summed E-state index contributed by atoms with van der Waals surface area (Å²) in [5.41, 5.74) is 10.8. The number of nitrogens with two attached hydrogens (primary N) is 2. The molecule has 0 bridgehead atoms. The van der Waals surface area contributed by atoms with Gasteiger partial charge in [-0.2, -0.15) is 0 Å². The van der Waals surface area contributed by atoms with Crippen molar-refractivity contribution in [3.05, 3.63) is 0 Å². The van der Waals surface area contributed by atoms with Gasteiger partial charge in [0.2, 0.25) is 0 Å². The Morgan fingerprint density at radius 3 is 2.75 bits per heavy atom. The SMILES string of the molecule is CC1(CN=C(N)N)CCC(CCF)C(Br)C1. The van der Waals surface area contributed by atoms with Crippen molar-refractivity contribution in [3.8, 4) is 0 Å². The first kappa shape index (κ1) is 13.7. The van der Waals surface area contributed by atoms with Crippen molar-refractivity contribution < 1.29 is 4.39 Å². The van der Waals surface area contributed by atoms with Crippen molar-refractivity contribution in [2.75, 3.05) is 13.2 Å². The second-order valence-electron chi connectivity index (χ2n) is 5.05. The highest BCUT2D eigenvalue weighted by Crippen LogP contribution is 2.43. The predicted molar refractivity (Wildman–Crippen MR) is 69.4 cm³/mol. The molecule has 0 amide bonds. The van der Waals surface area contributed by atoms with Gasteiger partial charge >= 0.3 is 0 Å². The van der Waals surface area contributed by atoms with Gasteiger partial charge in [-0.3, -0.25) is 9.38 Å². The van der Waals surface area contributed by atoms with Gasteiger partial charge in [0.05, 0.1) is 6.67 Å². The van der Waals surface area contributed by atoms with Crippen LogP contribution in [0, 0.1) is 11.3 Å². The van der Waals surface area contributed by atoms with Gasteiger partial charge in [-0.25, -0.2) is 0 Å². The van der Waals surface area contributed by atoms with Gasteiger partial charge in [-0.05, 0) is 37.0 Å². The van der Waals surface area contributed by atoms with Crippen LogP contribution in [-0.4, -0.2) is 24.0 Å². The fourth-order valence-electron chi connectivity index (χ4n) is 2.35. The molecule has 0 radical (unpaired) electrons. The summed E-state index contributed by atoms with van der Waals surface area (Å²) in [5, 5.41) is 0. The molecule has 0 aliphatic heterocycles. The zero-order valence-corrected chi connectivity index (χ0v) is 11.3. The maximum atomic E-state index is 12.3. The Balaban J connectivity index is 2.51. The van der Waals surface area contributed by atoms with Crippen molar-refractivity contribution in [2.45, 2.75) is 37.4 Å². The Bertz CT molecular complexity index is 256. The third kappa shape index (κ3) is 3.92. The van der Waals surface area contributed by atoms with Gasteiger partial charge in [0, 0.05) is 11.4 Å². The molecule has 0 aromatic carbocycles. The minimum absolute atomic E-state index is 0.144. The Morgan fingerprint density at radius 2 is 2.25 bits per heavy atom. The number of halogens is 2. The monoisotopic (exact) mass is 293 g/mol. The lowest BCUT2D eigenvalue weighted by molar-refractivity contribution is 0.176. The second-order valence-corrected chi connectivity index (χ2v) is 6.22. The summed E-state index contributed by atoms with van der Waals surface area (Å²) in [6.07, 6.45) is 3.79.